The van der Waals surface area contributed by atoms with Crippen molar-refractivity contribution >= 4 is 11.9 Å². The highest BCUT2D eigenvalue weighted by atomic mass is 19.4. The summed E-state index contributed by atoms with van der Waals surface area (Å²) in [5.74, 6) is -2.57. The number of carboxylic acids is 1. The van der Waals surface area contributed by atoms with E-state index in [1.165, 1.54) is 12.1 Å². The number of carbonyl (C=O) groups is 2. The second kappa shape index (κ2) is 5.38. The van der Waals surface area contributed by atoms with Crippen LogP contribution in [0.4, 0.5) is 13.2 Å². The van der Waals surface area contributed by atoms with Crippen molar-refractivity contribution in [2.24, 2.45) is 11.8 Å². The van der Waals surface area contributed by atoms with Crippen molar-refractivity contribution < 1.29 is 27.9 Å². The number of hydrogen-bond acceptors (Lipinski definition) is 2. The van der Waals surface area contributed by atoms with Gasteiger partial charge in [0.2, 0.25) is 5.91 Å². The van der Waals surface area contributed by atoms with Crippen molar-refractivity contribution in [2.45, 2.75) is 25.6 Å². The number of hydrogen-bond donors (Lipinski definition) is 2. The lowest BCUT2D eigenvalue weighted by molar-refractivity contribution is -0.140. The van der Waals surface area contributed by atoms with E-state index in [1.807, 2.05) is 0 Å². The number of halogens is 3. The van der Waals surface area contributed by atoms with Crippen LogP contribution < -0.4 is 5.32 Å². The third kappa shape index (κ3) is 3.53. The number of amides is 1. The number of nitrogens with one attached hydrogen (secondary N) is 1. The van der Waals surface area contributed by atoms with E-state index in [-0.39, 0.29) is 5.91 Å². The smallest absolute Gasteiger partial charge is 0.416 e. The molecule has 1 aromatic rings. The Morgan fingerprint density at radius 2 is 1.81 bits per heavy atom. The predicted molar refractivity (Wildman–Crippen MR) is 67.2 cm³/mol. The molecule has 21 heavy (non-hydrogen) atoms. The van der Waals surface area contributed by atoms with Gasteiger partial charge in [0.1, 0.15) is 0 Å². The molecule has 3 atom stereocenters. The maximum Gasteiger partial charge on any atom is 0.416 e. The van der Waals surface area contributed by atoms with E-state index in [1.54, 1.807) is 6.92 Å². The minimum Gasteiger partial charge on any atom is -0.481 e. The average Bonchev–Trinajstić information content (AvgIpc) is 3.18. The van der Waals surface area contributed by atoms with Crippen LogP contribution in [0.3, 0.4) is 0 Å². The topological polar surface area (TPSA) is 66.4 Å². The number of carboxylic acid groups (broad SMARTS) is 1. The van der Waals surface area contributed by atoms with Crippen LogP contribution >= 0.6 is 0 Å². The van der Waals surface area contributed by atoms with Gasteiger partial charge >= 0.3 is 12.1 Å². The van der Waals surface area contributed by atoms with Gasteiger partial charge in [-0.25, -0.2) is 0 Å². The van der Waals surface area contributed by atoms with Gasteiger partial charge < -0.3 is 10.4 Å². The van der Waals surface area contributed by atoms with Crippen molar-refractivity contribution in [3.63, 3.8) is 0 Å². The van der Waals surface area contributed by atoms with E-state index in [0.29, 0.717) is 12.0 Å². The Bertz CT molecular complexity index is 554. The first-order valence-electron chi connectivity index (χ1n) is 6.40. The van der Waals surface area contributed by atoms with Crippen molar-refractivity contribution in [1.29, 1.82) is 0 Å². The third-order valence-electron chi connectivity index (χ3n) is 3.54. The summed E-state index contributed by atoms with van der Waals surface area (Å²) in [6.07, 6.45) is -4.09. The summed E-state index contributed by atoms with van der Waals surface area (Å²) in [7, 11) is 0. The lowest BCUT2D eigenvalue weighted by atomic mass is 10.1. The molecule has 0 heterocycles. The normalized spacial score (nSPS) is 22.5. The summed E-state index contributed by atoms with van der Waals surface area (Å²) >= 11 is 0. The number of benzene rings is 1. The highest BCUT2D eigenvalue weighted by Gasteiger charge is 2.48. The highest BCUT2D eigenvalue weighted by Crippen LogP contribution is 2.39. The van der Waals surface area contributed by atoms with Gasteiger partial charge in [0.15, 0.2) is 0 Å². The van der Waals surface area contributed by atoms with E-state index >= 15 is 0 Å². The zero-order valence-corrected chi connectivity index (χ0v) is 11.1. The number of alkyl halides is 3. The monoisotopic (exact) mass is 301 g/mol. The molecule has 1 aromatic carbocycles. The molecule has 2 N–H and O–H groups in total. The molecule has 114 valence electrons. The maximum atomic E-state index is 12.4. The third-order valence-corrected chi connectivity index (χ3v) is 3.54. The molecule has 1 aliphatic carbocycles. The first-order chi connectivity index (χ1) is 9.70. The molecule has 0 radical (unpaired) electrons. The van der Waals surface area contributed by atoms with Crippen molar-refractivity contribution in [3.8, 4) is 0 Å². The first-order valence-corrected chi connectivity index (χ1v) is 6.40. The minimum absolute atomic E-state index is 0.306. The molecule has 2 rings (SSSR count). The Labute approximate surface area is 119 Å². The van der Waals surface area contributed by atoms with E-state index < -0.39 is 35.6 Å². The SMILES string of the molecule is CC(NC(=O)C1CC1C(=O)O)c1ccc(C(F)(F)F)cc1. The molecule has 0 aliphatic heterocycles. The first kappa shape index (κ1) is 15.3. The van der Waals surface area contributed by atoms with Gasteiger partial charge in [0.05, 0.1) is 23.4 Å². The Balaban J connectivity index is 1.96. The van der Waals surface area contributed by atoms with Gasteiger partial charge in [-0.05, 0) is 31.0 Å². The zero-order valence-electron chi connectivity index (χ0n) is 11.1. The van der Waals surface area contributed by atoms with E-state index in [9.17, 15) is 22.8 Å². The lowest BCUT2D eigenvalue weighted by Crippen LogP contribution is -2.29. The maximum absolute atomic E-state index is 12.4. The van der Waals surface area contributed by atoms with Gasteiger partial charge in [-0.15, -0.1) is 0 Å². The van der Waals surface area contributed by atoms with Crippen molar-refractivity contribution in [2.75, 3.05) is 0 Å². The fourth-order valence-corrected chi connectivity index (χ4v) is 2.12. The fraction of sp³-hybridized carbons (Fsp3) is 0.429. The summed E-state index contributed by atoms with van der Waals surface area (Å²) in [4.78, 5) is 22.5. The molecule has 0 spiro atoms. The van der Waals surface area contributed by atoms with Gasteiger partial charge in [-0.1, -0.05) is 12.1 Å². The van der Waals surface area contributed by atoms with E-state index in [2.05, 4.69) is 5.32 Å². The molecule has 7 heteroatoms. The number of rotatable bonds is 4. The second-order valence-electron chi connectivity index (χ2n) is 5.14. The standard InChI is InChI=1S/C14H14F3NO3/c1-7(18-12(19)10-6-11(10)13(20)21)8-2-4-9(5-3-8)14(15,16)17/h2-5,7,10-11H,6H2,1H3,(H,18,19)(H,20,21). The second-order valence-corrected chi connectivity index (χ2v) is 5.14. The Hall–Kier alpha value is -2.05. The lowest BCUT2D eigenvalue weighted by Gasteiger charge is -2.15. The average molecular weight is 301 g/mol. The van der Waals surface area contributed by atoms with Gasteiger partial charge in [0, 0.05) is 0 Å². The molecule has 0 bridgehead atoms. The fourth-order valence-electron chi connectivity index (χ4n) is 2.12. The molecule has 1 amide bonds. The summed E-state index contributed by atoms with van der Waals surface area (Å²) in [5, 5.41) is 11.4. The van der Waals surface area contributed by atoms with Gasteiger partial charge in [-0.3, -0.25) is 9.59 Å². The van der Waals surface area contributed by atoms with Crippen LogP contribution in [0.1, 0.15) is 30.5 Å². The van der Waals surface area contributed by atoms with Crippen LogP contribution in [-0.2, 0) is 15.8 Å². The van der Waals surface area contributed by atoms with E-state index in [0.717, 1.165) is 12.1 Å². The molecular weight excluding hydrogens is 287 g/mol. The summed E-state index contributed by atoms with van der Waals surface area (Å²) in [6.45, 7) is 1.64. The summed E-state index contributed by atoms with van der Waals surface area (Å²) in [5.41, 5.74) is -0.221. The minimum atomic E-state index is -4.40. The predicted octanol–water partition coefficient (Wildman–Crippen LogP) is 2.60. The number of aliphatic carboxylic acids is 1. The molecular formula is C14H14F3NO3. The quantitative estimate of drug-likeness (QED) is 0.898. The van der Waals surface area contributed by atoms with Crippen LogP contribution in [0.25, 0.3) is 0 Å². The Morgan fingerprint density at radius 1 is 1.24 bits per heavy atom. The van der Waals surface area contributed by atoms with Gasteiger partial charge in [-0.2, -0.15) is 13.2 Å². The summed E-state index contributed by atoms with van der Waals surface area (Å²) < 4.78 is 37.3. The summed E-state index contributed by atoms with van der Waals surface area (Å²) in [6, 6.07) is 4.03. The van der Waals surface area contributed by atoms with Crippen molar-refractivity contribution in [3.05, 3.63) is 35.4 Å². The molecule has 1 saturated carbocycles. The molecule has 0 saturated heterocycles. The van der Waals surface area contributed by atoms with Crippen molar-refractivity contribution in [1.82, 2.24) is 5.32 Å². The molecule has 0 aromatic heterocycles. The van der Waals surface area contributed by atoms with Crippen LogP contribution in [0.15, 0.2) is 24.3 Å². The van der Waals surface area contributed by atoms with Crippen LogP contribution in [-0.4, -0.2) is 17.0 Å². The van der Waals surface area contributed by atoms with Crippen LogP contribution in [0.5, 0.6) is 0 Å². The van der Waals surface area contributed by atoms with E-state index in [4.69, 9.17) is 5.11 Å². The molecule has 3 unspecified atom stereocenters. The van der Waals surface area contributed by atoms with Crippen LogP contribution in [0, 0.1) is 11.8 Å². The highest BCUT2D eigenvalue weighted by molar-refractivity contribution is 5.89. The number of carbonyl (C=O) groups excluding carboxylic acids is 1. The van der Waals surface area contributed by atoms with Crippen LogP contribution in [0.2, 0.25) is 0 Å². The molecule has 1 fully saturated rings. The zero-order chi connectivity index (χ0) is 15.8. The molecule has 4 nitrogen and oxygen atoms in total. The molecule has 1 aliphatic rings. The Kier molecular flexibility index (Phi) is 3.93. The largest absolute Gasteiger partial charge is 0.481 e. The Morgan fingerprint density at radius 3 is 2.24 bits per heavy atom. The van der Waals surface area contributed by atoms with Gasteiger partial charge in [0.25, 0.3) is 0 Å².